The quantitative estimate of drug-likeness (QED) is 0.420. The summed E-state index contributed by atoms with van der Waals surface area (Å²) < 4.78 is 6.73. The van der Waals surface area contributed by atoms with E-state index in [0.717, 1.165) is 16.4 Å². The van der Waals surface area contributed by atoms with Gasteiger partial charge in [-0.25, -0.2) is 4.79 Å². The molecular weight excluding hydrogens is 314 g/mol. The van der Waals surface area contributed by atoms with Crippen LogP contribution in [0.2, 0.25) is 0 Å². The first-order valence-electron chi connectivity index (χ1n) is 7.91. The van der Waals surface area contributed by atoms with Crippen LogP contribution in [0.1, 0.15) is 26.4 Å². The number of nitrogens with zero attached hydrogens (tertiary/aromatic N) is 1. The molecule has 2 heterocycles. The number of aromatic nitrogens is 1. The molecule has 0 saturated carbocycles. The van der Waals surface area contributed by atoms with Gasteiger partial charge < -0.3 is 9.14 Å². The highest BCUT2D eigenvalue weighted by atomic mass is 16.5. The Labute approximate surface area is 144 Å². The van der Waals surface area contributed by atoms with Crippen molar-refractivity contribution in [3.63, 3.8) is 0 Å². The predicted molar refractivity (Wildman–Crippen MR) is 96.1 cm³/mol. The lowest BCUT2D eigenvalue weighted by Gasteiger charge is -2.09. The van der Waals surface area contributed by atoms with Crippen molar-refractivity contribution in [2.24, 2.45) is 0 Å². The first-order valence-corrected chi connectivity index (χ1v) is 7.91. The van der Waals surface area contributed by atoms with Gasteiger partial charge in [-0.05, 0) is 24.3 Å². The lowest BCUT2D eigenvalue weighted by atomic mass is 10.1. The molecule has 0 unspecified atom stereocenters. The van der Waals surface area contributed by atoms with Gasteiger partial charge in [0.1, 0.15) is 0 Å². The molecular formula is C21H15NO3. The lowest BCUT2D eigenvalue weighted by molar-refractivity contribution is 0.0600. The van der Waals surface area contributed by atoms with E-state index in [0.29, 0.717) is 16.8 Å². The maximum Gasteiger partial charge on any atom is 0.338 e. The SMILES string of the molecule is COC(=O)c1cc(C(=O)c2ccccc2)n2c(c1)cc1ccccc12. The molecule has 4 rings (SSSR count). The molecule has 4 heteroatoms. The molecule has 2 aromatic carbocycles. The van der Waals surface area contributed by atoms with Gasteiger partial charge in [-0.2, -0.15) is 0 Å². The van der Waals surface area contributed by atoms with Crippen molar-refractivity contribution in [1.29, 1.82) is 0 Å². The van der Waals surface area contributed by atoms with Crippen molar-refractivity contribution < 1.29 is 14.3 Å². The molecule has 0 fully saturated rings. The zero-order valence-corrected chi connectivity index (χ0v) is 13.6. The third kappa shape index (κ3) is 2.48. The zero-order valence-electron chi connectivity index (χ0n) is 13.6. The summed E-state index contributed by atoms with van der Waals surface area (Å²) in [5, 5.41) is 1.01. The van der Waals surface area contributed by atoms with Crippen molar-refractivity contribution in [3.8, 4) is 0 Å². The third-order valence-electron chi connectivity index (χ3n) is 4.27. The smallest absolute Gasteiger partial charge is 0.338 e. The largest absolute Gasteiger partial charge is 0.465 e. The lowest BCUT2D eigenvalue weighted by Crippen LogP contribution is -2.11. The Morgan fingerprint density at radius 1 is 0.840 bits per heavy atom. The Kier molecular flexibility index (Phi) is 3.58. The maximum absolute atomic E-state index is 13.1. The molecule has 0 atom stereocenters. The number of ketones is 1. The number of para-hydroxylation sites is 1. The van der Waals surface area contributed by atoms with E-state index in [1.54, 1.807) is 24.3 Å². The number of rotatable bonds is 3. The first kappa shape index (κ1) is 15.1. The Morgan fingerprint density at radius 2 is 1.56 bits per heavy atom. The number of esters is 1. The second-order valence-electron chi connectivity index (χ2n) is 5.78. The molecule has 0 saturated heterocycles. The third-order valence-corrected chi connectivity index (χ3v) is 4.27. The molecule has 0 aliphatic carbocycles. The second-order valence-corrected chi connectivity index (χ2v) is 5.78. The summed E-state index contributed by atoms with van der Waals surface area (Å²) in [5.74, 6) is -0.604. The number of hydrogen-bond donors (Lipinski definition) is 0. The first-order chi connectivity index (χ1) is 12.2. The van der Waals surface area contributed by atoms with E-state index in [2.05, 4.69) is 0 Å². The van der Waals surface area contributed by atoms with Crippen LogP contribution in [0.3, 0.4) is 0 Å². The van der Waals surface area contributed by atoms with Gasteiger partial charge in [0.2, 0.25) is 5.78 Å². The number of pyridine rings is 1. The molecule has 0 aliphatic rings. The minimum Gasteiger partial charge on any atom is -0.465 e. The average molecular weight is 329 g/mol. The maximum atomic E-state index is 13.1. The second kappa shape index (κ2) is 5.91. The number of carbonyl (C=O) groups excluding carboxylic acids is 2. The normalized spacial score (nSPS) is 10.9. The Balaban J connectivity index is 2.05. The molecule has 0 radical (unpaired) electrons. The van der Waals surface area contributed by atoms with Crippen molar-refractivity contribution >= 4 is 28.2 Å². The van der Waals surface area contributed by atoms with Gasteiger partial charge in [-0.1, -0.05) is 48.5 Å². The van der Waals surface area contributed by atoms with Gasteiger partial charge >= 0.3 is 5.97 Å². The number of ether oxygens (including phenoxy) is 1. The predicted octanol–water partition coefficient (Wildman–Crippen LogP) is 4.11. The molecule has 4 nitrogen and oxygen atoms in total. The monoisotopic (exact) mass is 329 g/mol. The molecule has 2 aromatic heterocycles. The summed E-state index contributed by atoms with van der Waals surface area (Å²) in [6.45, 7) is 0. The highest BCUT2D eigenvalue weighted by Gasteiger charge is 2.18. The van der Waals surface area contributed by atoms with E-state index in [1.165, 1.54) is 7.11 Å². The molecule has 0 N–H and O–H groups in total. The van der Waals surface area contributed by atoms with Crippen LogP contribution in [0.25, 0.3) is 16.4 Å². The molecule has 122 valence electrons. The summed E-state index contributed by atoms with van der Waals surface area (Å²) in [6.07, 6.45) is 0. The highest BCUT2D eigenvalue weighted by Crippen LogP contribution is 2.25. The topological polar surface area (TPSA) is 47.8 Å². The molecule has 0 bridgehead atoms. The van der Waals surface area contributed by atoms with Gasteiger partial charge in [-0.15, -0.1) is 0 Å². The van der Waals surface area contributed by atoms with E-state index in [9.17, 15) is 9.59 Å². The fourth-order valence-electron chi connectivity index (χ4n) is 3.10. The molecule has 25 heavy (non-hydrogen) atoms. The highest BCUT2D eigenvalue weighted by molar-refractivity contribution is 6.10. The van der Waals surface area contributed by atoms with E-state index >= 15 is 0 Å². The van der Waals surface area contributed by atoms with Crippen molar-refractivity contribution in [3.05, 3.63) is 89.6 Å². The number of benzene rings is 2. The van der Waals surface area contributed by atoms with Crippen LogP contribution >= 0.6 is 0 Å². The van der Waals surface area contributed by atoms with Crippen LogP contribution < -0.4 is 0 Å². The van der Waals surface area contributed by atoms with E-state index in [1.807, 2.05) is 52.9 Å². The Hall–Kier alpha value is -3.40. The Bertz CT molecular complexity index is 1110. The summed E-state index contributed by atoms with van der Waals surface area (Å²) in [7, 11) is 1.33. The van der Waals surface area contributed by atoms with E-state index in [-0.39, 0.29) is 5.78 Å². The fraction of sp³-hybridized carbons (Fsp3) is 0.0476. The van der Waals surface area contributed by atoms with Crippen molar-refractivity contribution in [2.45, 2.75) is 0 Å². The van der Waals surface area contributed by atoms with Gasteiger partial charge in [0.05, 0.1) is 23.9 Å². The fourth-order valence-corrected chi connectivity index (χ4v) is 3.10. The van der Waals surface area contributed by atoms with Crippen LogP contribution in [0.5, 0.6) is 0 Å². The number of fused-ring (bicyclic) bond motifs is 3. The standard InChI is InChI=1S/C21H15NO3/c1-25-21(24)16-12-17-11-15-9-5-6-10-18(15)22(17)19(13-16)20(23)14-7-3-2-4-8-14/h2-13H,1H3. The molecule has 0 spiro atoms. The van der Waals surface area contributed by atoms with Crippen LogP contribution in [-0.4, -0.2) is 23.3 Å². The number of carbonyl (C=O) groups is 2. The van der Waals surface area contributed by atoms with E-state index < -0.39 is 5.97 Å². The van der Waals surface area contributed by atoms with E-state index in [4.69, 9.17) is 4.74 Å². The Morgan fingerprint density at radius 3 is 2.32 bits per heavy atom. The summed E-state index contributed by atoms with van der Waals surface area (Å²) in [4.78, 5) is 25.1. The van der Waals surface area contributed by atoms with Gasteiger partial charge in [0.25, 0.3) is 0 Å². The zero-order chi connectivity index (χ0) is 17.4. The van der Waals surface area contributed by atoms with Gasteiger partial charge in [0.15, 0.2) is 0 Å². The van der Waals surface area contributed by atoms with Crippen LogP contribution in [-0.2, 0) is 4.74 Å². The van der Waals surface area contributed by atoms with Crippen LogP contribution in [0, 0.1) is 0 Å². The minimum absolute atomic E-state index is 0.141. The molecule has 0 amide bonds. The molecule has 4 aromatic rings. The average Bonchev–Trinajstić information content (AvgIpc) is 3.05. The number of hydrogen-bond acceptors (Lipinski definition) is 3. The summed E-state index contributed by atoms with van der Waals surface area (Å²) >= 11 is 0. The number of methoxy groups -OCH3 is 1. The van der Waals surface area contributed by atoms with Gasteiger partial charge in [-0.3, -0.25) is 4.79 Å². The van der Waals surface area contributed by atoms with Gasteiger partial charge in [0, 0.05) is 16.5 Å². The summed E-state index contributed by atoms with van der Waals surface area (Å²) in [5.41, 5.74) is 3.07. The summed E-state index contributed by atoms with van der Waals surface area (Å²) in [6, 6.07) is 22.2. The van der Waals surface area contributed by atoms with Crippen LogP contribution in [0.4, 0.5) is 0 Å². The minimum atomic E-state index is -0.463. The van der Waals surface area contributed by atoms with Crippen molar-refractivity contribution in [1.82, 2.24) is 4.40 Å². The van der Waals surface area contributed by atoms with Crippen molar-refractivity contribution in [2.75, 3.05) is 7.11 Å². The molecule has 0 aliphatic heterocycles. The van der Waals surface area contributed by atoms with Crippen LogP contribution in [0.15, 0.2) is 72.8 Å².